The zero-order valence-electron chi connectivity index (χ0n) is 26.3. The molecule has 4 aromatic rings. The predicted octanol–water partition coefficient (Wildman–Crippen LogP) is 7.44. The van der Waals surface area contributed by atoms with Crippen molar-refractivity contribution < 1.29 is 14.3 Å². The SMILES string of the molecule is CC[C@@H](C)Oc1cnc(CN2C(=O)c3cccc(c3)SNc3nc(cc(-c4c(C)cccc4C)n3)OC[C@H]2CC2CCC2)nc1. The molecule has 1 saturated carbocycles. The second-order valence-corrected chi connectivity index (χ2v) is 12.9. The number of aryl methyl sites for hydroxylation is 2. The molecule has 1 amide bonds. The molecular weight excluding hydrogens is 584 g/mol. The first-order valence-corrected chi connectivity index (χ1v) is 16.6. The van der Waals surface area contributed by atoms with Gasteiger partial charge in [0, 0.05) is 22.1 Å². The first-order chi connectivity index (χ1) is 21.9. The minimum Gasteiger partial charge on any atom is -0.487 e. The van der Waals surface area contributed by atoms with Crippen LogP contribution in [0.4, 0.5) is 5.95 Å². The number of benzene rings is 2. The summed E-state index contributed by atoms with van der Waals surface area (Å²) < 4.78 is 15.7. The van der Waals surface area contributed by atoms with Gasteiger partial charge in [-0.3, -0.25) is 9.52 Å². The third kappa shape index (κ3) is 7.39. The maximum absolute atomic E-state index is 14.3. The van der Waals surface area contributed by atoms with Crippen molar-refractivity contribution in [2.75, 3.05) is 11.3 Å². The van der Waals surface area contributed by atoms with Gasteiger partial charge in [0.15, 0.2) is 5.75 Å². The number of fused-ring (bicyclic) bond motifs is 4. The van der Waals surface area contributed by atoms with E-state index < -0.39 is 0 Å². The molecule has 1 aliphatic carbocycles. The summed E-state index contributed by atoms with van der Waals surface area (Å²) in [5, 5.41) is 0. The van der Waals surface area contributed by atoms with Gasteiger partial charge < -0.3 is 14.4 Å². The minimum atomic E-state index is -0.213. The minimum absolute atomic E-state index is 0.0707. The van der Waals surface area contributed by atoms with Crippen LogP contribution in [0.15, 0.2) is 65.8 Å². The average molecular weight is 625 g/mol. The fourth-order valence-electron chi connectivity index (χ4n) is 5.75. The highest BCUT2D eigenvalue weighted by Crippen LogP contribution is 2.34. The summed E-state index contributed by atoms with van der Waals surface area (Å²) in [5.41, 5.74) is 4.71. The van der Waals surface area contributed by atoms with Crippen LogP contribution < -0.4 is 14.2 Å². The zero-order valence-corrected chi connectivity index (χ0v) is 27.1. The summed E-state index contributed by atoms with van der Waals surface area (Å²) in [6, 6.07) is 15.6. The number of carbonyl (C=O) groups excluding carboxylic acids is 1. The van der Waals surface area contributed by atoms with Crippen molar-refractivity contribution in [3.05, 3.63) is 83.4 Å². The van der Waals surface area contributed by atoms with Gasteiger partial charge in [-0.05, 0) is 80.8 Å². The maximum Gasteiger partial charge on any atom is 0.254 e. The lowest BCUT2D eigenvalue weighted by Crippen LogP contribution is -2.45. The molecule has 2 aliphatic rings. The molecule has 45 heavy (non-hydrogen) atoms. The van der Waals surface area contributed by atoms with Gasteiger partial charge in [-0.25, -0.2) is 15.0 Å². The van der Waals surface area contributed by atoms with Gasteiger partial charge in [0.05, 0.1) is 36.8 Å². The lowest BCUT2D eigenvalue weighted by molar-refractivity contribution is 0.0504. The van der Waals surface area contributed by atoms with Crippen molar-refractivity contribution in [3.8, 4) is 22.9 Å². The monoisotopic (exact) mass is 624 g/mol. The van der Waals surface area contributed by atoms with Crippen molar-refractivity contribution >= 4 is 23.8 Å². The van der Waals surface area contributed by atoms with Crippen LogP contribution in [-0.4, -0.2) is 49.5 Å². The molecule has 2 atom stereocenters. The third-order valence-corrected chi connectivity index (χ3v) is 9.42. The molecule has 6 rings (SSSR count). The molecule has 3 heterocycles. The standard InChI is InChI=1S/C35H40N6O3S/c1-5-24(4)44-28-18-36-31(37-19-28)20-41-27(15-25-11-7-12-25)21-43-32-17-30(33-22(2)9-6-10-23(33)3)38-35(39-32)40-45-29-14-8-13-26(16-29)34(41)42/h6,8-10,13-14,16-19,24-25,27H,5,7,11-12,15,20-21H2,1-4H3,(H,38,39,40)/t24-,27-/m1/s1. The first kappa shape index (κ1) is 30.8. The quantitative estimate of drug-likeness (QED) is 0.200. The van der Waals surface area contributed by atoms with E-state index in [4.69, 9.17) is 19.4 Å². The smallest absolute Gasteiger partial charge is 0.254 e. The molecule has 10 heteroatoms. The number of hydrogen-bond donors (Lipinski definition) is 1. The van der Waals surface area contributed by atoms with Gasteiger partial charge in [0.2, 0.25) is 11.8 Å². The van der Waals surface area contributed by atoms with Crippen LogP contribution in [0, 0.1) is 19.8 Å². The Morgan fingerprint density at radius 2 is 1.82 bits per heavy atom. The Morgan fingerprint density at radius 1 is 1.07 bits per heavy atom. The lowest BCUT2D eigenvalue weighted by Gasteiger charge is -2.36. The van der Waals surface area contributed by atoms with E-state index in [9.17, 15) is 4.79 Å². The highest BCUT2D eigenvalue weighted by atomic mass is 32.2. The molecule has 4 bridgehead atoms. The number of carbonyl (C=O) groups is 1. The van der Waals surface area contributed by atoms with Gasteiger partial charge in [0.25, 0.3) is 5.91 Å². The molecule has 2 aromatic carbocycles. The molecule has 0 spiro atoms. The number of amides is 1. The Morgan fingerprint density at radius 3 is 2.53 bits per heavy atom. The fourth-order valence-corrected chi connectivity index (χ4v) is 6.39. The Kier molecular flexibility index (Phi) is 9.49. The molecular formula is C35H40N6O3S. The van der Waals surface area contributed by atoms with Crippen molar-refractivity contribution in [2.24, 2.45) is 5.92 Å². The van der Waals surface area contributed by atoms with Gasteiger partial charge in [0.1, 0.15) is 12.4 Å². The molecule has 0 radical (unpaired) electrons. The Bertz CT molecular complexity index is 1620. The number of rotatable bonds is 8. The van der Waals surface area contributed by atoms with Crippen LogP contribution in [0.3, 0.4) is 0 Å². The number of nitrogens with zero attached hydrogens (tertiary/aromatic N) is 5. The molecule has 9 nitrogen and oxygen atoms in total. The van der Waals surface area contributed by atoms with Gasteiger partial charge in [-0.15, -0.1) is 0 Å². The Balaban J connectivity index is 1.37. The van der Waals surface area contributed by atoms with E-state index in [0.717, 1.165) is 53.0 Å². The van der Waals surface area contributed by atoms with E-state index in [1.54, 1.807) is 12.4 Å². The number of ether oxygens (including phenoxy) is 2. The number of nitrogens with one attached hydrogen (secondary N) is 1. The molecule has 234 valence electrons. The Labute approximate surface area is 269 Å². The van der Waals surface area contributed by atoms with Crippen LogP contribution in [0.2, 0.25) is 0 Å². The summed E-state index contributed by atoms with van der Waals surface area (Å²) in [6.07, 6.45) is 8.69. The summed E-state index contributed by atoms with van der Waals surface area (Å²) in [7, 11) is 0. The van der Waals surface area contributed by atoms with Gasteiger partial charge >= 0.3 is 0 Å². The van der Waals surface area contributed by atoms with Gasteiger partial charge in [-0.1, -0.05) is 50.5 Å². The average Bonchev–Trinajstić information content (AvgIpc) is 3.02. The van der Waals surface area contributed by atoms with E-state index in [0.29, 0.717) is 34.9 Å². The van der Waals surface area contributed by atoms with Gasteiger partial charge in [-0.2, -0.15) is 4.98 Å². The van der Waals surface area contributed by atoms with Crippen molar-refractivity contribution in [2.45, 2.75) is 83.4 Å². The molecule has 1 aliphatic heterocycles. The zero-order chi connectivity index (χ0) is 31.3. The van der Waals surface area contributed by atoms with Crippen LogP contribution in [0.25, 0.3) is 11.3 Å². The highest BCUT2D eigenvalue weighted by molar-refractivity contribution is 8.00. The van der Waals surface area contributed by atoms with Crippen molar-refractivity contribution in [1.29, 1.82) is 0 Å². The predicted molar refractivity (Wildman–Crippen MR) is 176 cm³/mol. The maximum atomic E-state index is 14.3. The number of aromatic nitrogens is 4. The largest absolute Gasteiger partial charge is 0.487 e. The van der Waals surface area contributed by atoms with Crippen LogP contribution in [0.1, 0.15) is 73.3 Å². The van der Waals surface area contributed by atoms with E-state index in [2.05, 4.69) is 53.7 Å². The van der Waals surface area contributed by atoms with Crippen molar-refractivity contribution in [3.63, 3.8) is 0 Å². The number of hydrogen-bond acceptors (Lipinski definition) is 9. The molecule has 2 aromatic heterocycles. The normalized spacial score (nSPS) is 17.6. The summed E-state index contributed by atoms with van der Waals surface area (Å²) in [5.74, 6) is 2.54. The second-order valence-electron chi connectivity index (χ2n) is 12.0. The highest BCUT2D eigenvalue weighted by Gasteiger charge is 2.32. The van der Waals surface area contributed by atoms with Crippen LogP contribution in [-0.2, 0) is 6.54 Å². The van der Waals surface area contributed by atoms with E-state index >= 15 is 0 Å². The van der Waals surface area contributed by atoms with Crippen LogP contribution >= 0.6 is 11.9 Å². The molecule has 0 unspecified atom stereocenters. The third-order valence-electron chi connectivity index (χ3n) is 8.64. The number of anilines is 1. The molecule has 1 fully saturated rings. The van der Waals surface area contributed by atoms with Crippen molar-refractivity contribution in [1.82, 2.24) is 24.8 Å². The van der Waals surface area contributed by atoms with E-state index in [-0.39, 0.29) is 31.2 Å². The topological polar surface area (TPSA) is 102 Å². The first-order valence-electron chi connectivity index (χ1n) is 15.8. The molecule has 1 N–H and O–H groups in total. The second kappa shape index (κ2) is 13.9. The summed E-state index contributed by atoms with van der Waals surface area (Å²) in [4.78, 5) is 35.8. The summed E-state index contributed by atoms with van der Waals surface area (Å²) in [6.45, 7) is 8.80. The van der Waals surface area contributed by atoms with E-state index in [1.807, 2.05) is 42.2 Å². The van der Waals surface area contributed by atoms with E-state index in [1.165, 1.54) is 18.4 Å². The Hall–Kier alpha value is -4.18. The summed E-state index contributed by atoms with van der Waals surface area (Å²) >= 11 is 1.37. The lowest BCUT2D eigenvalue weighted by atomic mass is 9.80. The molecule has 0 saturated heterocycles. The van der Waals surface area contributed by atoms with Crippen LogP contribution in [0.5, 0.6) is 11.6 Å². The fraction of sp³-hybridized carbons (Fsp3) is 0.400.